The van der Waals surface area contributed by atoms with Gasteiger partial charge in [-0.25, -0.2) is 9.67 Å². The molecular weight excluding hydrogens is 388 g/mol. The molecule has 0 aliphatic heterocycles. The number of benzene rings is 2. The van der Waals surface area contributed by atoms with E-state index in [1.807, 2.05) is 17.7 Å². The number of aryl methyl sites for hydroxylation is 1. The molecule has 0 amide bonds. The van der Waals surface area contributed by atoms with Crippen molar-refractivity contribution in [2.45, 2.75) is 48.8 Å². The molecule has 4 nitrogen and oxygen atoms in total. The van der Waals surface area contributed by atoms with E-state index < -0.39 is 0 Å². The van der Waals surface area contributed by atoms with Gasteiger partial charge in [-0.3, -0.25) is 0 Å². The van der Waals surface area contributed by atoms with Crippen molar-refractivity contribution in [1.29, 1.82) is 5.26 Å². The summed E-state index contributed by atoms with van der Waals surface area (Å²) >= 11 is 8.03. The maximum atomic E-state index is 9.80. The second-order valence-electron chi connectivity index (χ2n) is 7.38. The van der Waals surface area contributed by atoms with Gasteiger partial charge in [-0.05, 0) is 60.6 Å². The van der Waals surface area contributed by atoms with Crippen molar-refractivity contribution < 1.29 is 0 Å². The number of halogens is 1. The Hall–Kier alpha value is -2.29. The topological polar surface area (TPSA) is 54.5 Å². The van der Waals surface area contributed by atoms with Crippen molar-refractivity contribution in [1.82, 2.24) is 14.8 Å². The van der Waals surface area contributed by atoms with Gasteiger partial charge in [-0.2, -0.15) is 10.4 Å². The summed E-state index contributed by atoms with van der Waals surface area (Å²) in [6.07, 6.45) is 6.27. The number of aromatic nitrogens is 3. The minimum absolute atomic E-state index is 0.328. The average molecular weight is 409 g/mol. The van der Waals surface area contributed by atoms with Gasteiger partial charge in [0.2, 0.25) is 0 Å². The Balaban J connectivity index is 1.61. The van der Waals surface area contributed by atoms with Gasteiger partial charge in [-0.15, -0.1) is 11.8 Å². The van der Waals surface area contributed by atoms with E-state index in [4.69, 9.17) is 11.6 Å². The Kier molecular flexibility index (Phi) is 5.43. The van der Waals surface area contributed by atoms with E-state index in [9.17, 15) is 5.26 Å². The molecule has 0 unspecified atom stereocenters. The van der Waals surface area contributed by atoms with Crippen molar-refractivity contribution in [3.05, 3.63) is 76.3 Å². The fourth-order valence-electron chi connectivity index (χ4n) is 3.54. The van der Waals surface area contributed by atoms with Crippen LogP contribution < -0.4 is 0 Å². The molecule has 0 bridgehead atoms. The van der Waals surface area contributed by atoms with Gasteiger partial charge in [0.1, 0.15) is 12.7 Å². The number of thioether (sulfide) groups is 1. The predicted molar refractivity (Wildman–Crippen MR) is 112 cm³/mol. The zero-order chi connectivity index (χ0) is 19.6. The molecule has 142 valence electrons. The van der Waals surface area contributed by atoms with Crippen molar-refractivity contribution >= 4 is 23.4 Å². The molecule has 0 atom stereocenters. The first-order chi connectivity index (χ1) is 13.6. The van der Waals surface area contributed by atoms with Crippen LogP contribution in [0, 0.1) is 18.3 Å². The highest BCUT2D eigenvalue weighted by molar-refractivity contribution is 7.98. The van der Waals surface area contributed by atoms with E-state index in [2.05, 4.69) is 46.5 Å². The lowest BCUT2D eigenvalue weighted by atomic mass is 9.65. The normalized spacial score (nSPS) is 15.0. The van der Waals surface area contributed by atoms with Crippen LogP contribution in [0.4, 0.5) is 0 Å². The summed E-state index contributed by atoms with van der Waals surface area (Å²) in [5.41, 5.74) is 4.27. The molecule has 2 aromatic carbocycles. The Labute approximate surface area is 174 Å². The van der Waals surface area contributed by atoms with Crippen LogP contribution in [0.3, 0.4) is 0 Å². The standard InChI is InChI=1S/C22H21ClN4S/c1-16-3-4-20(10-21(16)23)28-12-18-7-17(11-27-15-25-14-26-27)8-19(9-18)22(13-24)5-2-6-22/h3-4,7-10,14-15H,2,5-6,11-12H2,1H3. The molecule has 28 heavy (non-hydrogen) atoms. The second kappa shape index (κ2) is 7.98. The van der Waals surface area contributed by atoms with Crippen molar-refractivity contribution in [2.75, 3.05) is 0 Å². The Morgan fingerprint density at radius 2 is 2.04 bits per heavy atom. The van der Waals surface area contributed by atoms with Crippen LogP contribution in [-0.4, -0.2) is 14.8 Å². The summed E-state index contributed by atoms with van der Waals surface area (Å²) in [5, 5.41) is 14.8. The SMILES string of the molecule is Cc1ccc(SCc2cc(Cn3cncn3)cc(C3(C#N)CCC3)c2)cc1Cl. The van der Waals surface area contributed by atoms with Crippen LogP contribution in [-0.2, 0) is 17.7 Å². The Morgan fingerprint density at radius 3 is 2.68 bits per heavy atom. The van der Waals surface area contributed by atoms with E-state index in [0.29, 0.717) is 6.54 Å². The van der Waals surface area contributed by atoms with E-state index in [1.54, 1.807) is 24.4 Å². The lowest BCUT2D eigenvalue weighted by molar-refractivity contribution is 0.323. The van der Waals surface area contributed by atoms with Gasteiger partial charge >= 0.3 is 0 Å². The molecule has 0 spiro atoms. The predicted octanol–water partition coefficient (Wildman–Crippen LogP) is 5.53. The van der Waals surface area contributed by atoms with Crippen molar-refractivity contribution in [2.24, 2.45) is 0 Å². The molecule has 4 rings (SSSR count). The van der Waals surface area contributed by atoms with Crippen molar-refractivity contribution in [3.63, 3.8) is 0 Å². The lowest BCUT2D eigenvalue weighted by Crippen LogP contribution is -2.32. The smallest absolute Gasteiger partial charge is 0.137 e. The van der Waals surface area contributed by atoms with E-state index in [-0.39, 0.29) is 5.41 Å². The summed E-state index contributed by atoms with van der Waals surface area (Å²) in [5.74, 6) is 0.832. The number of nitriles is 1. The third-order valence-electron chi connectivity index (χ3n) is 5.39. The third-order valence-corrected chi connectivity index (χ3v) is 6.86. The Bertz CT molecular complexity index is 1020. The molecule has 1 aliphatic carbocycles. The number of hydrogen-bond donors (Lipinski definition) is 0. The van der Waals surface area contributed by atoms with Gasteiger partial charge in [0.25, 0.3) is 0 Å². The summed E-state index contributed by atoms with van der Waals surface area (Å²) in [7, 11) is 0. The molecule has 3 aromatic rings. The largest absolute Gasteiger partial charge is 0.249 e. The quantitative estimate of drug-likeness (QED) is 0.503. The maximum absolute atomic E-state index is 9.80. The van der Waals surface area contributed by atoms with Gasteiger partial charge in [0, 0.05) is 15.7 Å². The zero-order valence-corrected chi connectivity index (χ0v) is 17.3. The van der Waals surface area contributed by atoms with Gasteiger partial charge in [0.15, 0.2) is 0 Å². The van der Waals surface area contributed by atoms with Gasteiger partial charge < -0.3 is 0 Å². The minimum Gasteiger partial charge on any atom is -0.249 e. The fraction of sp³-hybridized carbons (Fsp3) is 0.318. The highest BCUT2D eigenvalue weighted by Gasteiger charge is 2.39. The van der Waals surface area contributed by atoms with Gasteiger partial charge in [0.05, 0.1) is 18.0 Å². The van der Waals surface area contributed by atoms with Crippen LogP contribution >= 0.6 is 23.4 Å². The van der Waals surface area contributed by atoms with Crippen LogP contribution in [0.1, 0.15) is 41.5 Å². The number of nitrogens with zero attached hydrogens (tertiary/aromatic N) is 4. The highest BCUT2D eigenvalue weighted by atomic mass is 35.5. The summed E-state index contributed by atoms with van der Waals surface area (Å²) in [6.45, 7) is 2.67. The Morgan fingerprint density at radius 1 is 1.21 bits per heavy atom. The van der Waals surface area contributed by atoms with Gasteiger partial charge in [-0.1, -0.05) is 35.9 Å². The van der Waals surface area contributed by atoms with Crippen LogP contribution in [0.25, 0.3) is 0 Å². The first kappa shape index (κ1) is 19.0. The first-order valence-corrected chi connectivity index (χ1v) is 10.7. The van der Waals surface area contributed by atoms with Crippen LogP contribution in [0.15, 0.2) is 53.9 Å². The summed E-state index contributed by atoms with van der Waals surface area (Å²) in [4.78, 5) is 5.18. The molecule has 1 heterocycles. The number of rotatable bonds is 6. The molecule has 1 fully saturated rings. The van der Waals surface area contributed by atoms with Crippen molar-refractivity contribution in [3.8, 4) is 6.07 Å². The van der Waals surface area contributed by atoms with Crippen LogP contribution in [0.2, 0.25) is 5.02 Å². The zero-order valence-electron chi connectivity index (χ0n) is 15.7. The third kappa shape index (κ3) is 3.94. The molecule has 0 N–H and O–H groups in total. The molecular formula is C22H21ClN4S. The monoisotopic (exact) mass is 408 g/mol. The number of hydrogen-bond acceptors (Lipinski definition) is 4. The summed E-state index contributed by atoms with van der Waals surface area (Å²) < 4.78 is 1.82. The molecule has 1 saturated carbocycles. The molecule has 0 saturated heterocycles. The molecule has 6 heteroatoms. The lowest BCUT2D eigenvalue weighted by Gasteiger charge is -2.36. The minimum atomic E-state index is -0.328. The molecule has 0 radical (unpaired) electrons. The maximum Gasteiger partial charge on any atom is 0.137 e. The average Bonchev–Trinajstić information content (AvgIpc) is 3.15. The second-order valence-corrected chi connectivity index (χ2v) is 8.83. The fourth-order valence-corrected chi connectivity index (χ4v) is 4.65. The highest BCUT2D eigenvalue weighted by Crippen LogP contribution is 2.44. The molecule has 1 aliphatic rings. The summed E-state index contributed by atoms with van der Waals surface area (Å²) in [6, 6.07) is 15.3. The van der Waals surface area contributed by atoms with E-state index in [0.717, 1.165) is 51.6 Å². The van der Waals surface area contributed by atoms with Crippen LogP contribution in [0.5, 0.6) is 0 Å². The van der Waals surface area contributed by atoms with E-state index >= 15 is 0 Å². The first-order valence-electron chi connectivity index (χ1n) is 9.34. The van der Waals surface area contributed by atoms with E-state index in [1.165, 1.54) is 5.56 Å². The molecule has 1 aromatic heterocycles.